The molecule has 2 N–H and O–H groups in total. The number of halogens is 1. The Morgan fingerprint density at radius 1 is 1.26 bits per heavy atom. The van der Waals surface area contributed by atoms with Gasteiger partial charge in [-0.3, -0.25) is 4.79 Å². The van der Waals surface area contributed by atoms with E-state index in [2.05, 4.69) is 5.32 Å². The number of esters is 1. The highest BCUT2D eigenvalue weighted by molar-refractivity contribution is 6.30. The molecule has 0 aromatic heterocycles. The Morgan fingerprint density at radius 2 is 2.04 bits per heavy atom. The maximum absolute atomic E-state index is 12.3. The lowest BCUT2D eigenvalue weighted by Crippen LogP contribution is -2.44. The monoisotopic (exact) mass is 391 g/mol. The SMILES string of the molecule is O=C(NC(CO)C(=O)OCc1cc(Cl)cc2c1OCOC2)c1ccccc1. The van der Waals surface area contributed by atoms with E-state index in [1.165, 1.54) is 0 Å². The number of aliphatic hydroxyl groups is 1. The summed E-state index contributed by atoms with van der Waals surface area (Å²) in [5, 5.41) is 12.4. The summed E-state index contributed by atoms with van der Waals surface area (Å²) in [6, 6.07) is 10.6. The molecule has 1 unspecified atom stereocenters. The molecule has 1 heterocycles. The molecule has 0 saturated carbocycles. The number of carbonyl (C=O) groups excluding carboxylic acids is 2. The molecule has 0 bridgehead atoms. The summed E-state index contributed by atoms with van der Waals surface area (Å²) in [5.41, 5.74) is 1.72. The fourth-order valence-corrected chi connectivity index (χ4v) is 2.89. The van der Waals surface area contributed by atoms with Gasteiger partial charge >= 0.3 is 5.97 Å². The first-order valence-corrected chi connectivity index (χ1v) is 8.61. The van der Waals surface area contributed by atoms with Crippen molar-refractivity contribution in [3.8, 4) is 5.75 Å². The van der Waals surface area contributed by atoms with E-state index in [1.807, 2.05) is 0 Å². The second kappa shape index (κ2) is 8.85. The molecule has 142 valence electrons. The molecule has 2 aromatic carbocycles. The summed E-state index contributed by atoms with van der Waals surface area (Å²) in [4.78, 5) is 24.4. The fraction of sp³-hybridized carbons (Fsp3) is 0.263. The third-order valence-electron chi connectivity index (χ3n) is 3.93. The Kier molecular flexibility index (Phi) is 6.28. The molecule has 0 fully saturated rings. The van der Waals surface area contributed by atoms with Gasteiger partial charge in [-0.1, -0.05) is 29.8 Å². The second-order valence-corrected chi connectivity index (χ2v) is 6.28. The number of amides is 1. The van der Waals surface area contributed by atoms with Gasteiger partial charge in [0.05, 0.1) is 13.2 Å². The predicted molar refractivity (Wildman–Crippen MR) is 96.3 cm³/mol. The van der Waals surface area contributed by atoms with E-state index in [0.717, 1.165) is 5.56 Å². The molecule has 27 heavy (non-hydrogen) atoms. The Hall–Kier alpha value is -2.61. The van der Waals surface area contributed by atoms with Crippen molar-refractivity contribution in [3.05, 3.63) is 64.2 Å². The van der Waals surface area contributed by atoms with Gasteiger partial charge in [-0.25, -0.2) is 4.79 Å². The summed E-state index contributed by atoms with van der Waals surface area (Å²) in [5.74, 6) is -0.679. The quantitative estimate of drug-likeness (QED) is 0.732. The van der Waals surface area contributed by atoms with Crippen molar-refractivity contribution in [1.82, 2.24) is 5.32 Å². The molecule has 2 aromatic rings. The van der Waals surface area contributed by atoms with E-state index in [-0.39, 0.29) is 13.4 Å². The van der Waals surface area contributed by atoms with Crippen molar-refractivity contribution in [1.29, 1.82) is 0 Å². The van der Waals surface area contributed by atoms with Crippen molar-refractivity contribution in [2.24, 2.45) is 0 Å². The van der Waals surface area contributed by atoms with E-state index in [4.69, 9.17) is 25.8 Å². The van der Waals surface area contributed by atoms with Crippen LogP contribution in [0, 0.1) is 0 Å². The maximum atomic E-state index is 12.3. The number of hydrogen-bond acceptors (Lipinski definition) is 6. The molecule has 7 nitrogen and oxygen atoms in total. The van der Waals surface area contributed by atoms with E-state index in [0.29, 0.717) is 28.5 Å². The first-order valence-electron chi connectivity index (χ1n) is 8.23. The van der Waals surface area contributed by atoms with Crippen molar-refractivity contribution in [2.45, 2.75) is 19.3 Å². The third-order valence-corrected chi connectivity index (χ3v) is 4.15. The number of benzene rings is 2. The summed E-state index contributed by atoms with van der Waals surface area (Å²) >= 11 is 6.08. The summed E-state index contributed by atoms with van der Waals surface area (Å²) in [6.07, 6.45) is 0. The number of fused-ring (bicyclic) bond motifs is 1. The van der Waals surface area contributed by atoms with Gasteiger partial charge in [-0.15, -0.1) is 0 Å². The van der Waals surface area contributed by atoms with E-state index >= 15 is 0 Å². The van der Waals surface area contributed by atoms with Crippen LogP contribution in [0.5, 0.6) is 5.75 Å². The highest BCUT2D eigenvalue weighted by Gasteiger charge is 2.23. The molecule has 1 aliphatic heterocycles. The summed E-state index contributed by atoms with van der Waals surface area (Å²) < 4.78 is 15.9. The van der Waals surface area contributed by atoms with Crippen molar-refractivity contribution >= 4 is 23.5 Å². The average Bonchev–Trinajstić information content (AvgIpc) is 2.70. The highest BCUT2D eigenvalue weighted by Crippen LogP contribution is 2.32. The van der Waals surface area contributed by atoms with Crippen LogP contribution in [0.15, 0.2) is 42.5 Å². The Bertz CT molecular complexity index is 826. The highest BCUT2D eigenvalue weighted by atomic mass is 35.5. The van der Waals surface area contributed by atoms with E-state index in [1.54, 1.807) is 42.5 Å². The van der Waals surface area contributed by atoms with Crippen LogP contribution in [0.1, 0.15) is 21.5 Å². The minimum atomic E-state index is -1.18. The van der Waals surface area contributed by atoms with Gasteiger partial charge < -0.3 is 24.6 Å². The number of rotatable bonds is 6. The number of carbonyl (C=O) groups is 2. The number of ether oxygens (including phenoxy) is 3. The number of aliphatic hydroxyl groups excluding tert-OH is 1. The maximum Gasteiger partial charge on any atom is 0.331 e. The largest absolute Gasteiger partial charge is 0.467 e. The zero-order chi connectivity index (χ0) is 19.2. The molecule has 0 radical (unpaired) electrons. The average molecular weight is 392 g/mol. The number of nitrogens with one attached hydrogen (secondary N) is 1. The standard InChI is InChI=1S/C19H18ClNO6/c20-15-6-13-9-25-11-27-17(13)14(7-15)10-26-19(24)16(8-22)21-18(23)12-4-2-1-3-5-12/h1-7,16,22H,8-11H2,(H,21,23). The van der Waals surface area contributed by atoms with Gasteiger partial charge in [0.1, 0.15) is 12.4 Å². The molecule has 3 rings (SSSR count). The van der Waals surface area contributed by atoms with Crippen LogP contribution in [0.25, 0.3) is 0 Å². The van der Waals surface area contributed by atoms with E-state index < -0.39 is 24.5 Å². The topological polar surface area (TPSA) is 94.1 Å². The van der Waals surface area contributed by atoms with Crippen molar-refractivity contribution in [2.75, 3.05) is 13.4 Å². The Labute approximate surface area is 160 Å². The molecule has 8 heteroatoms. The molecule has 1 atom stereocenters. The fourth-order valence-electron chi connectivity index (χ4n) is 2.62. The van der Waals surface area contributed by atoms with Crippen LogP contribution in [-0.4, -0.2) is 36.4 Å². The molecule has 1 aliphatic rings. The normalized spacial score (nSPS) is 13.9. The van der Waals surface area contributed by atoms with Gasteiger partial charge in [0.25, 0.3) is 5.91 Å². The molecule has 0 aliphatic carbocycles. The minimum absolute atomic E-state index is 0.0992. The summed E-state index contributed by atoms with van der Waals surface area (Å²) in [7, 11) is 0. The third kappa shape index (κ3) is 4.77. The zero-order valence-electron chi connectivity index (χ0n) is 14.3. The van der Waals surface area contributed by atoms with Gasteiger partial charge in [0.15, 0.2) is 12.8 Å². The Morgan fingerprint density at radius 3 is 2.78 bits per heavy atom. The number of hydrogen-bond donors (Lipinski definition) is 2. The van der Waals surface area contributed by atoms with Crippen LogP contribution in [0.3, 0.4) is 0 Å². The minimum Gasteiger partial charge on any atom is -0.467 e. The second-order valence-electron chi connectivity index (χ2n) is 5.85. The lowest BCUT2D eigenvalue weighted by molar-refractivity contribution is -0.148. The molecule has 0 spiro atoms. The summed E-state index contributed by atoms with van der Waals surface area (Å²) in [6.45, 7) is -0.250. The van der Waals surface area contributed by atoms with Crippen LogP contribution in [0.2, 0.25) is 5.02 Å². The van der Waals surface area contributed by atoms with Gasteiger partial charge in [-0.2, -0.15) is 0 Å². The predicted octanol–water partition coefficient (Wildman–Crippen LogP) is 2.04. The van der Waals surface area contributed by atoms with Crippen LogP contribution >= 0.6 is 11.6 Å². The molecular formula is C19H18ClNO6. The first-order chi connectivity index (χ1) is 13.1. The van der Waals surface area contributed by atoms with Crippen molar-refractivity contribution in [3.63, 3.8) is 0 Å². The van der Waals surface area contributed by atoms with Gasteiger partial charge in [0.2, 0.25) is 0 Å². The van der Waals surface area contributed by atoms with Crippen molar-refractivity contribution < 1.29 is 28.9 Å². The molecular weight excluding hydrogens is 374 g/mol. The Balaban J connectivity index is 1.64. The van der Waals surface area contributed by atoms with E-state index in [9.17, 15) is 14.7 Å². The smallest absolute Gasteiger partial charge is 0.331 e. The van der Waals surface area contributed by atoms with Crippen LogP contribution in [-0.2, 0) is 27.5 Å². The van der Waals surface area contributed by atoms with Gasteiger partial charge in [0, 0.05) is 21.7 Å². The molecule has 1 amide bonds. The first kappa shape index (κ1) is 19.2. The van der Waals surface area contributed by atoms with Gasteiger partial charge in [-0.05, 0) is 24.3 Å². The molecule has 0 saturated heterocycles. The zero-order valence-corrected chi connectivity index (χ0v) is 15.1. The lowest BCUT2D eigenvalue weighted by atomic mass is 10.1. The van der Waals surface area contributed by atoms with Crippen LogP contribution in [0.4, 0.5) is 0 Å². The van der Waals surface area contributed by atoms with Crippen LogP contribution < -0.4 is 10.1 Å². The lowest BCUT2D eigenvalue weighted by Gasteiger charge is -2.21.